The first-order valence-electron chi connectivity index (χ1n) is 7.75. The van der Waals surface area contributed by atoms with Crippen molar-refractivity contribution in [3.8, 4) is 0 Å². The molecular formula is C18H27N. The van der Waals surface area contributed by atoms with Gasteiger partial charge in [0.1, 0.15) is 0 Å². The van der Waals surface area contributed by atoms with Crippen LogP contribution in [0.1, 0.15) is 51.0 Å². The van der Waals surface area contributed by atoms with E-state index >= 15 is 0 Å². The Kier molecular flexibility index (Phi) is 5.21. The second-order valence-electron chi connectivity index (χ2n) is 5.75. The van der Waals surface area contributed by atoms with Gasteiger partial charge in [-0.05, 0) is 31.4 Å². The molecule has 104 valence electrons. The number of rotatable bonds is 6. The minimum Gasteiger partial charge on any atom is -0.310 e. The number of nitrogens with one attached hydrogen (secondary N) is 1. The smallest absolute Gasteiger partial charge is 0.0344 e. The van der Waals surface area contributed by atoms with Crippen LogP contribution < -0.4 is 5.32 Å². The maximum atomic E-state index is 4.10. The van der Waals surface area contributed by atoms with Crippen LogP contribution in [-0.2, 0) is 5.41 Å². The monoisotopic (exact) mass is 257 g/mol. The van der Waals surface area contributed by atoms with Crippen molar-refractivity contribution < 1.29 is 0 Å². The minimum absolute atomic E-state index is 0.260. The van der Waals surface area contributed by atoms with Gasteiger partial charge in [0.05, 0.1) is 0 Å². The fourth-order valence-electron chi connectivity index (χ4n) is 3.54. The van der Waals surface area contributed by atoms with Crippen molar-refractivity contribution in [3.05, 3.63) is 48.6 Å². The Morgan fingerprint density at radius 3 is 2.47 bits per heavy atom. The quantitative estimate of drug-likeness (QED) is 0.743. The van der Waals surface area contributed by atoms with Gasteiger partial charge in [-0.1, -0.05) is 62.6 Å². The van der Waals surface area contributed by atoms with Crippen LogP contribution in [0, 0.1) is 0 Å². The SMILES string of the molecule is C=CC(NCCC)C1(c2ccccc2)CCCCC1. The lowest BCUT2D eigenvalue weighted by Crippen LogP contribution is -2.48. The average molecular weight is 257 g/mol. The summed E-state index contributed by atoms with van der Waals surface area (Å²) in [4.78, 5) is 0. The predicted octanol–water partition coefficient (Wildman–Crippen LogP) is 4.44. The van der Waals surface area contributed by atoms with Crippen molar-refractivity contribution >= 4 is 0 Å². The largest absolute Gasteiger partial charge is 0.310 e. The standard InChI is InChI=1S/C18H27N/c1-3-15-19-17(4-2)18(13-9-6-10-14-18)16-11-7-5-8-12-16/h4-5,7-8,11-12,17,19H,2-3,6,9-10,13-15H2,1H3. The topological polar surface area (TPSA) is 12.0 Å². The molecule has 19 heavy (non-hydrogen) atoms. The van der Waals surface area contributed by atoms with Crippen LogP contribution in [0.2, 0.25) is 0 Å². The molecule has 1 fully saturated rings. The molecule has 0 saturated heterocycles. The molecule has 0 heterocycles. The number of hydrogen-bond acceptors (Lipinski definition) is 1. The predicted molar refractivity (Wildman–Crippen MR) is 83.5 cm³/mol. The van der Waals surface area contributed by atoms with Gasteiger partial charge in [-0.2, -0.15) is 0 Å². The van der Waals surface area contributed by atoms with E-state index in [1.165, 1.54) is 44.1 Å². The summed E-state index contributed by atoms with van der Waals surface area (Å²) in [6.07, 6.45) is 9.93. The molecule has 0 spiro atoms. The lowest BCUT2D eigenvalue weighted by molar-refractivity contribution is 0.241. The lowest BCUT2D eigenvalue weighted by Gasteiger charge is -2.43. The molecule has 0 aliphatic heterocycles. The van der Waals surface area contributed by atoms with E-state index < -0.39 is 0 Å². The molecule has 1 saturated carbocycles. The van der Waals surface area contributed by atoms with Crippen LogP contribution in [-0.4, -0.2) is 12.6 Å². The molecule has 0 aromatic heterocycles. The summed E-state index contributed by atoms with van der Waals surface area (Å²) < 4.78 is 0. The van der Waals surface area contributed by atoms with E-state index in [4.69, 9.17) is 0 Å². The van der Waals surface area contributed by atoms with Crippen molar-refractivity contribution in [2.45, 2.75) is 56.9 Å². The molecule has 1 N–H and O–H groups in total. The summed E-state index contributed by atoms with van der Waals surface area (Å²) in [6.45, 7) is 7.40. The van der Waals surface area contributed by atoms with Gasteiger partial charge in [0.2, 0.25) is 0 Å². The summed E-state index contributed by atoms with van der Waals surface area (Å²) in [7, 11) is 0. The van der Waals surface area contributed by atoms with E-state index in [9.17, 15) is 0 Å². The molecule has 0 bridgehead atoms. The maximum Gasteiger partial charge on any atom is 0.0344 e. The van der Waals surface area contributed by atoms with Gasteiger partial charge in [-0.15, -0.1) is 6.58 Å². The van der Waals surface area contributed by atoms with Crippen LogP contribution in [0.5, 0.6) is 0 Å². The van der Waals surface area contributed by atoms with Gasteiger partial charge in [-0.25, -0.2) is 0 Å². The van der Waals surface area contributed by atoms with E-state index in [-0.39, 0.29) is 5.41 Å². The van der Waals surface area contributed by atoms with E-state index in [0.29, 0.717) is 6.04 Å². The third-order valence-corrected chi connectivity index (χ3v) is 4.54. The Balaban J connectivity index is 2.30. The van der Waals surface area contributed by atoms with Gasteiger partial charge in [-0.3, -0.25) is 0 Å². The molecule has 2 rings (SSSR count). The normalized spacial score (nSPS) is 19.8. The second-order valence-corrected chi connectivity index (χ2v) is 5.75. The molecule has 0 radical (unpaired) electrons. The van der Waals surface area contributed by atoms with E-state index in [2.05, 4.69) is 55.2 Å². The van der Waals surface area contributed by atoms with Gasteiger partial charge in [0, 0.05) is 11.5 Å². The van der Waals surface area contributed by atoms with Gasteiger partial charge >= 0.3 is 0 Å². The van der Waals surface area contributed by atoms with Crippen LogP contribution in [0.25, 0.3) is 0 Å². The zero-order valence-electron chi connectivity index (χ0n) is 12.2. The average Bonchev–Trinajstić information content (AvgIpc) is 2.50. The van der Waals surface area contributed by atoms with Gasteiger partial charge < -0.3 is 5.32 Å². The highest BCUT2D eigenvalue weighted by atomic mass is 14.9. The van der Waals surface area contributed by atoms with Crippen molar-refractivity contribution in [2.24, 2.45) is 0 Å². The molecule has 1 aromatic carbocycles. The summed E-state index contributed by atoms with van der Waals surface area (Å²) >= 11 is 0. The van der Waals surface area contributed by atoms with Crippen LogP contribution in [0.3, 0.4) is 0 Å². The number of hydrogen-bond donors (Lipinski definition) is 1. The third kappa shape index (κ3) is 3.09. The Bertz CT molecular complexity index is 376. The fraction of sp³-hybridized carbons (Fsp3) is 0.556. The van der Waals surface area contributed by atoms with Crippen LogP contribution in [0.4, 0.5) is 0 Å². The first-order valence-corrected chi connectivity index (χ1v) is 7.75. The highest BCUT2D eigenvalue weighted by Crippen LogP contribution is 2.42. The molecule has 1 unspecified atom stereocenters. The van der Waals surface area contributed by atoms with E-state index in [1.807, 2.05) is 0 Å². The van der Waals surface area contributed by atoms with Crippen molar-refractivity contribution in [1.82, 2.24) is 5.32 Å². The molecular weight excluding hydrogens is 230 g/mol. The summed E-state index contributed by atoms with van der Waals surface area (Å²) in [5.74, 6) is 0. The fourth-order valence-corrected chi connectivity index (χ4v) is 3.54. The Morgan fingerprint density at radius 2 is 1.89 bits per heavy atom. The van der Waals surface area contributed by atoms with Gasteiger partial charge in [0.25, 0.3) is 0 Å². The summed E-state index contributed by atoms with van der Waals surface area (Å²) in [6, 6.07) is 11.5. The first-order chi connectivity index (χ1) is 9.33. The van der Waals surface area contributed by atoms with Crippen molar-refractivity contribution in [1.29, 1.82) is 0 Å². The summed E-state index contributed by atoms with van der Waals surface area (Å²) in [5.41, 5.74) is 1.75. The first kappa shape index (κ1) is 14.3. The molecule has 0 amide bonds. The molecule has 1 nitrogen and oxygen atoms in total. The van der Waals surface area contributed by atoms with E-state index in [1.54, 1.807) is 0 Å². The van der Waals surface area contributed by atoms with Crippen molar-refractivity contribution in [2.75, 3.05) is 6.54 Å². The molecule has 1 atom stereocenters. The summed E-state index contributed by atoms with van der Waals surface area (Å²) in [5, 5.41) is 3.71. The molecule has 1 aromatic rings. The Morgan fingerprint density at radius 1 is 1.21 bits per heavy atom. The second kappa shape index (κ2) is 6.91. The van der Waals surface area contributed by atoms with E-state index in [0.717, 1.165) is 6.54 Å². The highest BCUT2D eigenvalue weighted by molar-refractivity contribution is 5.30. The van der Waals surface area contributed by atoms with Gasteiger partial charge in [0.15, 0.2) is 0 Å². The number of benzene rings is 1. The zero-order valence-corrected chi connectivity index (χ0v) is 12.2. The van der Waals surface area contributed by atoms with Crippen LogP contribution in [0.15, 0.2) is 43.0 Å². The van der Waals surface area contributed by atoms with Crippen molar-refractivity contribution in [3.63, 3.8) is 0 Å². The third-order valence-electron chi connectivity index (χ3n) is 4.54. The highest BCUT2D eigenvalue weighted by Gasteiger charge is 2.39. The Labute approximate surface area is 118 Å². The maximum absolute atomic E-state index is 4.10. The van der Waals surface area contributed by atoms with Crippen LogP contribution >= 0.6 is 0 Å². The zero-order chi connectivity index (χ0) is 13.6. The molecule has 1 heteroatoms. The Hall–Kier alpha value is -1.08. The molecule has 1 aliphatic carbocycles. The minimum atomic E-state index is 0.260. The lowest BCUT2D eigenvalue weighted by atomic mass is 9.65. The molecule has 1 aliphatic rings.